The van der Waals surface area contributed by atoms with Crippen LogP contribution in [0.25, 0.3) is 0 Å². The van der Waals surface area contributed by atoms with Crippen LogP contribution in [-0.4, -0.2) is 39.9 Å². The molecule has 7 nitrogen and oxygen atoms in total. The Labute approximate surface area is 171 Å². The number of pyridine rings is 1. The van der Waals surface area contributed by atoms with Crippen LogP contribution in [0.1, 0.15) is 62.7 Å². The zero-order valence-electron chi connectivity index (χ0n) is 17.2. The molecule has 0 radical (unpaired) electrons. The third kappa shape index (κ3) is 3.36. The van der Waals surface area contributed by atoms with Crippen LogP contribution in [0.5, 0.6) is 5.88 Å². The molecule has 156 valence electrons. The first-order valence-electron chi connectivity index (χ1n) is 10.6. The number of nitrogens with one attached hydrogen (secondary N) is 1. The molecule has 1 aromatic rings. The van der Waals surface area contributed by atoms with E-state index in [0.29, 0.717) is 17.4 Å². The number of primary amides is 1. The van der Waals surface area contributed by atoms with Gasteiger partial charge in [-0.2, -0.15) is 0 Å². The van der Waals surface area contributed by atoms with Crippen LogP contribution < -0.4 is 15.8 Å². The molecule has 7 heteroatoms. The molecule has 3 aliphatic rings. The fourth-order valence-electron chi connectivity index (χ4n) is 5.35. The average molecular weight is 399 g/mol. The molecule has 2 saturated carbocycles. The highest BCUT2D eigenvalue weighted by molar-refractivity contribution is 5.94. The summed E-state index contributed by atoms with van der Waals surface area (Å²) in [7, 11) is 0. The number of aromatic nitrogens is 1. The average Bonchev–Trinajstić information content (AvgIpc) is 2.92. The predicted molar refractivity (Wildman–Crippen MR) is 109 cm³/mol. The Hall–Kier alpha value is -2.57. The van der Waals surface area contributed by atoms with Crippen LogP contribution >= 0.6 is 0 Å². The second-order valence-corrected chi connectivity index (χ2v) is 8.78. The summed E-state index contributed by atoms with van der Waals surface area (Å²) in [5.41, 5.74) is 5.94. The van der Waals surface area contributed by atoms with Gasteiger partial charge in [-0.3, -0.25) is 14.5 Å². The fraction of sp³-hybridized carbons (Fsp3) is 0.591. The summed E-state index contributed by atoms with van der Waals surface area (Å²) in [6, 6.07) is 3.39. The molecular weight excluding hydrogens is 368 g/mol. The van der Waals surface area contributed by atoms with Gasteiger partial charge < -0.3 is 15.8 Å². The van der Waals surface area contributed by atoms with Crippen LogP contribution in [0.2, 0.25) is 0 Å². The Morgan fingerprint density at radius 2 is 2.07 bits per heavy atom. The van der Waals surface area contributed by atoms with E-state index in [-0.39, 0.29) is 29.5 Å². The number of carbonyl (C=O) groups is 2. The minimum Gasteiger partial charge on any atom is -0.474 e. The molecule has 2 aliphatic carbocycles. The van der Waals surface area contributed by atoms with Crippen molar-refractivity contribution in [1.29, 1.82) is 0 Å². The van der Waals surface area contributed by atoms with Gasteiger partial charge in [0.1, 0.15) is 23.5 Å². The number of hydrogen-bond acceptors (Lipinski definition) is 5. The van der Waals surface area contributed by atoms with E-state index in [1.807, 2.05) is 4.90 Å². The summed E-state index contributed by atoms with van der Waals surface area (Å²) in [5.74, 6) is 1.05. The Balaban J connectivity index is 1.32. The van der Waals surface area contributed by atoms with Gasteiger partial charge in [-0.05, 0) is 49.1 Å². The molecule has 3 fully saturated rings. The molecule has 1 unspecified atom stereocenters. The predicted octanol–water partition coefficient (Wildman–Crippen LogP) is 2.58. The molecule has 1 saturated heterocycles. The van der Waals surface area contributed by atoms with Crippen molar-refractivity contribution in [2.75, 3.05) is 0 Å². The molecule has 1 atom stereocenters. The third-order valence-electron chi connectivity index (χ3n) is 6.98. The summed E-state index contributed by atoms with van der Waals surface area (Å²) in [5, 5.41) is 3.33. The lowest BCUT2D eigenvalue weighted by Gasteiger charge is -2.58. The highest BCUT2D eigenvalue weighted by Crippen LogP contribution is 2.58. The molecule has 0 bridgehead atoms. The van der Waals surface area contributed by atoms with E-state index in [1.165, 1.54) is 0 Å². The second-order valence-electron chi connectivity index (χ2n) is 8.78. The topological polar surface area (TPSA) is 97.6 Å². The quantitative estimate of drug-likeness (QED) is 0.736. The van der Waals surface area contributed by atoms with E-state index in [1.54, 1.807) is 18.3 Å². The molecule has 1 aliphatic heterocycles. The van der Waals surface area contributed by atoms with Crippen molar-refractivity contribution in [2.45, 2.75) is 70.6 Å². The maximum Gasteiger partial charge on any atom is 0.254 e. The van der Waals surface area contributed by atoms with E-state index in [0.717, 1.165) is 44.3 Å². The van der Waals surface area contributed by atoms with E-state index in [4.69, 9.17) is 10.5 Å². The van der Waals surface area contributed by atoms with Crippen molar-refractivity contribution in [3.8, 4) is 5.88 Å². The normalized spacial score (nSPS) is 30.9. The molecule has 2 heterocycles. The van der Waals surface area contributed by atoms with Gasteiger partial charge in [0.15, 0.2) is 0 Å². The Morgan fingerprint density at radius 3 is 2.69 bits per heavy atom. The van der Waals surface area contributed by atoms with Crippen molar-refractivity contribution < 1.29 is 14.3 Å². The van der Waals surface area contributed by atoms with E-state index >= 15 is 0 Å². The Morgan fingerprint density at radius 1 is 1.38 bits per heavy atom. The van der Waals surface area contributed by atoms with Gasteiger partial charge in [0.2, 0.25) is 5.88 Å². The van der Waals surface area contributed by atoms with Crippen molar-refractivity contribution in [2.24, 2.45) is 17.1 Å². The van der Waals surface area contributed by atoms with Crippen molar-refractivity contribution >= 4 is 11.8 Å². The Bertz CT molecular complexity index is 821. The summed E-state index contributed by atoms with van der Waals surface area (Å²) in [6.07, 6.45) is 7.37. The van der Waals surface area contributed by atoms with E-state index in [9.17, 15) is 9.59 Å². The molecule has 1 aromatic heterocycles. The highest BCUT2D eigenvalue weighted by atomic mass is 16.5. The van der Waals surface area contributed by atoms with Crippen LogP contribution in [0, 0.1) is 11.3 Å². The van der Waals surface area contributed by atoms with Crippen LogP contribution in [0.15, 0.2) is 30.7 Å². The molecule has 2 amide bonds. The molecule has 1 spiro atoms. The largest absolute Gasteiger partial charge is 0.474 e. The molecular formula is C22H30N4O3. The van der Waals surface area contributed by atoms with Crippen molar-refractivity contribution in [1.82, 2.24) is 15.2 Å². The zero-order valence-corrected chi connectivity index (χ0v) is 17.2. The Kier molecular flexibility index (Phi) is 5.00. The maximum atomic E-state index is 13.0. The minimum atomic E-state index is -0.531. The van der Waals surface area contributed by atoms with E-state index < -0.39 is 5.91 Å². The first-order valence-corrected chi connectivity index (χ1v) is 10.6. The van der Waals surface area contributed by atoms with Crippen molar-refractivity contribution in [3.05, 3.63) is 36.3 Å². The van der Waals surface area contributed by atoms with Gasteiger partial charge in [-0.15, -0.1) is 0 Å². The standard InChI is InChI=1S/C22H30N4O3/c1-4-14(5-2)18-21(28)26(13(3)25-18)15-9-22(10-15)11-16(12-22)29-20-17(19(23)27)7-6-8-24-20/h6-8,14-16,18,25H,3-5,9-12H2,1-2H3,(H2,23,27). The third-order valence-corrected chi connectivity index (χ3v) is 6.98. The molecule has 4 rings (SSSR count). The monoisotopic (exact) mass is 398 g/mol. The first-order chi connectivity index (χ1) is 13.9. The van der Waals surface area contributed by atoms with Crippen LogP contribution in [-0.2, 0) is 4.79 Å². The van der Waals surface area contributed by atoms with Gasteiger partial charge in [0.05, 0.1) is 0 Å². The van der Waals surface area contributed by atoms with Gasteiger partial charge in [0, 0.05) is 12.2 Å². The smallest absolute Gasteiger partial charge is 0.254 e. The maximum absolute atomic E-state index is 13.0. The number of amides is 2. The highest BCUT2D eigenvalue weighted by Gasteiger charge is 2.58. The number of carbonyl (C=O) groups excluding carboxylic acids is 2. The van der Waals surface area contributed by atoms with Gasteiger partial charge in [0.25, 0.3) is 11.8 Å². The summed E-state index contributed by atoms with van der Waals surface area (Å²) in [6.45, 7) is 8.36. The van der Waals surface area contributed by atoms with Crippen molar-refractivity contribution in [3.63, 3.8) is 0 Å². The number of nitrogens with two attached hydrogens (primary N) is 1. The van der Waals surface area contributed by atoms with Gasteiger partial charge >= 0.3 is 0 Å². The lowest BCUT2D eigenvalue weighted by molar-refractivity contribution is -0.143. The first kappa shape index (κ1) is 19.7. The molecule has 29 heavy (non-hydrogen) atoms. The number of ether oxygens (including phenoxy) is 1. The summed E-state index contributed by atoms with van der Waals surface area (Å²) >= 11 is 0. The van der Waals surface area contributed by atoms with Gasteiger partial charge in [-0.25, -0.2) is 4.98 Å². The summed E-state index contributed by atoms with van der Waals surface area (Å²) < 4.78 is 5.93. The minimum absolute atomic E-state index is 0.0388. The number of hydrogen-bond donors (Lipinski definition) is 2. The fourth-order valence-corrected chi connectivity index (χ4v) is 5.35. The molecule has 0 aromatic carbocycles. The lowest BCUT2D eigenvalue weighted by Crippen LogP contribution is -2.59. The zero-order chi connectivity index (χ0) is 20.8. The lowest BCUT2D eigenvalue weighted by atomic mass is 9.52. The SMILES string of the molecule is C=C1NC(C(CC)CC)C(=O)N1C1CC2(CC(Oc3ncccc3C(N)=O)C2)C1. The van der Waals surface area contributed by atoms with Crippen LogP contribution in [0.4, 0.5) is 0 Å². The number of nitrogens with zero attached hydrogens (tertiary/aromatic N) is 2. The second kappa shape index (κ2) is 7.35. The van der Waals surface area contributed by atoms with Crippen LogP contribution in [0.3, 0.4) is 0 Å². The summed E-state index contributed by atoms with van der Waals surface area (Å²) in [4.78, 5) is 30.5. The number of rotatable bonds is 7. The molecule has 3 N–H and O–H groups in total. The van der Waals surface area contributed by atoms with Gasteiger partial charge in [-0.1, -0.05) is 33.3 Å². The van der Waals surface area contributed by atoms with E-state index in [2.05, 4.69) is 30.7 Å².